The molecule has 1 heterocycles. The molecule has 4 heteroatoms. The van der Waals surface area contributed by atoms with Gasteiger partial charge in [0, 0.05) is 25.7 Å². The number of nitrogens with one attached hydrogen (secondary N) is 1. The summed E-state index contributed by atoms with van der Waals surface area (Å²) in [5, 5.41) is 13.7. The number of nitrogens with zero attached hydrogens (tertiary/aromatic N) is 1. The summed E-state index contributed by atoms with van der Waals surface area (Å²) in [6.45, 7) is 3.30. The predicted molar refractivity (Wildman–Crippen MR) is 88.1 cm³/mol. The molecule has 1 aromatic carbocycles. The highest BCUT2D eigenvalue weighted by Gasteiger charge is 2.26. The molecule has 0 radical (unpaired) electrons. The highest BCUT2D eigenvalue weighted by atomic mass is 16.5. The summed E-state index contributed by atoms with van der Waals surface area (Å²) in [7, 11) is 1.64. The molecule has 0 bridgehead atoms. The van der Waals surface area contributed by atoms with Crippen LogP contribution in [-0.4, -0.2) is 61.5 Å². The van der Waals surface area contributed by atoms with Crippen LogP contribution < -0.4 is 5.32 Å². The minimum Gasteiger partial charge on any atom is -0.389 e. The normalized spacial score (nSPS) is 21.9. The zero-order chi connectivity index (χ0) is 15.4. The molecular weight excluding hydrogens is 276 g/mol. The average molecular weight is 304 g/mol. The number of benzene rings is 1. The van der Waals surface area contributed by atoms with Gasteiger partial charge < -0.3 is 20.1 Å². The molecule has 1 unspecified atom stereocenters. The maximum absolute atomic E-state index is 9.81. The van der Waals surface area contributed by atoms with Gasteiger partial charge in [-0.2, -0.15) is 0 Å². The van der Waals surface area contributed by atoms with Crippen LogP contribution >= 0.6 is 0 Å². The fourth-order valence-corrected chi connectivity index (χ4v) is 3.84. The molecule has 1 aliphatic carbocycles. The summed E-state index contributed by atoms with van der Waals surface area (Å²) < 4.78 is 5.00. The Morgan fingerprint density at radius 3 is 2.41 bits per heavy atom. The predicted octanol–water partition coefficient (Wildman–Crippen LogP) is 1.22. The second-order valence-corrected chi connectivity index (χ2v) is 6.72. The Morgan fingerprint density at radius 1 is 1.18 bits per heavy atom. The minimum absolute atomic E-state index is 0.362. The summed E-state index contributed by atoms with van der Waals surface area (Å²) >= 11 is 0. The van der Waals surface area contributed by atoms with E-state index < -0.39 is 0 Å². The van der Waals surface area contributed by atoms with Crippen molar-refractivity contribution >= 4 is 0 Å². The van der Waals surface area contributed by atoms with Gasteiger partial charge in [0.05, 0.1) is 12.7 Å². The largest absolute Gasteiger partial charge is 0.389 e. The Morgan fingerprint density at radius 2 is 1.82 bits per heavy atom. The third-order valence-corrected chi connectivity index (χ3v) is 4.94. The Labute approximate surface area is 133 Å². The summed E-state index contributed by atoms with van der Waals surface area (Å²) in [6, 6.07) is 10.0. The van der Waals surface area contributed by atoms with Crippen molar-refractivity contribution in [1.82, 2.24) is 10.2 Å². The topological polar surface area (TPSA) is 44.7 Å². The SMILES string of the molecule is COCC(O)CN1CCC(NC2Cc3ccccc3C2)CC1. The quantitative estimate of drug-likeness (QED) is 0.829. The number of hydrogen-bond acceptors (Lipinski definition) is 4. The van der Waals surface area contributed by atoms with Gasteiger partial charge in [-0.15, -0.1) is 0 Å². The van der Waals surface area contributed by atoms with E-state index in [-0.39, 0.29) is 6.10 Å². The molecule has 0 amide bonds. The number of piperidine rings is 1. The van der Waals surface area contributed by atoms with E-state index in [1.54, 1.807) is 7.11 Å². The molecule has 0 saturated carbocycles. The van der Waals surface area contributed by atoms with Crippen molar-refractivity contribution in [3.63, 3.8) is 0 Å². The Hall–Kier alpha value is -0.940. The molecule has 3 rings (SSSR count). The molecule has 2 N–H and O–H groups in total. The molecule has 1 fully saturated rings. The van der Waals surface area contributed by atoms with E-state index in [1.807, 2.05) is 0 Å². The van der Waals surface area contributed by atoms with Gasteiger partial charge >= 0.3 is 0 Å². The number of β-amino-alcohol motifs (C(OH)–C–C–N with tert-alkyl or cyclic N) is 1. The fourth-order valence-electron chi connectivity index (χ4n) is 3.84. The van der Waals surface area contributed by atoms with Gasteiger partial charge in [-0.3, -0.25) is 0 Å². The van der Waals surface area contributed by atoms with Crippen molar-refractivity contribution in [1.29, 1.82) is 0 Å². The van der Waals surface area contributed by atoms with Crippen LogP contribution in [0, 0.1) is 0 Å². The molecule has 0 aromatic heterocycles. The van der Waals surface area contributed by atoms with Crippen LogP contribution in [0.4, 0.5) is 0 Å². The van der Waals surface area contributed by atoms with Crippen molar-refractivity contribution in [3.8, 4) is 0 Å². The van der Waals surface area contributed by atoms with E-state index in [0.717, 1.165) is 19.6 Å². The first-order chi connectivity index (χ1) is 10.7. The van der Waals surface area contributed by atoms with E-state index in [0.29, 0.717) is 18.7 Å². The first-order valence-electron chi connectivity index (χ1n) is 8.47. The van der Waals surface area contributed by atoms with Crippen LogP contribution in [0.2, 0.25) is 0 Å². The van der Waals surface area contributed by atoms with Gasteiger partial charge in [-0.25, -0.2) is 0 Å². The maximum Gasteiger partial charge on any atom is 0.0900 e. The average Bonchev–Trinajstić information content (AvgIpc) is 2.91. The lowest BCUT2D eigenvalue weighted by atomic mass is 10.0. The molecule has 22 heavy (non-hydrogen) atoms. The smallest absolute Gasteiger partial charge is 0.0900 e. The van der Waals surface area contributed by atoms with E-state index in [1.165, 1.54) is 36.8 Å². The Bertz CT molecular complexity index is 447. The summed E-state index contributed by atoms with van der Waals surface area (Å²) in [5.41, 5.74) is 3.03. The van der Waals surface area contributed by atoms with Gasteiger partial charge in [0.15, 0.2) is 0 Å². The van der Waals surface area contributed by atoms with Crippen molar-refractivity contribution < 1.29 is 9.84 Å². The minimum atomic E-state index is -0.362. The van der Waals surface area contributed by atoms with Crippen molar-refractivity contribution in [2.45, 2.75) is 43.9 Å². The number of likely N-dealkylation sites (tertiary alicyclic amines) is 1. The van der Waals surface area contributed by atoms with E-state index in [2.05, 4.69) is 34.5 Å². The van der Waals surface area contributed by atoms with E-state index >= 15 is 0 Å². The van der Waals surface area contributed by atoms with Gasteiger partial charge in [-0.1, -0.05) is 24.3 Å². The number of ether oxygens (including phenoxy) is 1. The summed E-state index contributed by atoms with van der Waals surface area (Å²) in [4.78, 5) is 2.35. The Balaban J connectivity index is 1.40. The Kier molecular flexibility index (Phi) is 5.47. The number of aliphatic hydroxyl groups excluding tert-OH is 1. The van der Waals surface area contributed by atoms with Crippen LogP contribution in [0.15, 0.2) is 24.3 Å². The molecule has 122 valence electrons. The molecule has 1 atom stereocenters. The second-order valence-electron chi connectivity index (χ2n) is 6.72. The first kappa shape index (κ1) is 15.9. The monoisotopic (exact) mass is 304 g/mol. The van der Waals surface area contributed by atoms with E-state index in [9.17, 15) is 5.11 Å². The summed E-state index contributed by atoms with van der Waals surface area (Å²) in [6.07, 6.45) is 4.32. The van der Waals surface area contributed by atoms with Crippen molar-refractivity contribution in [3.05, 3.63) is 35.4 Å². The molecule has 0 spiro atoms. The zero-order valence-corrected chi connectivity index (χ0v) is 13.5. The number of methoxy groups -OCH3 is 1. The summed E-state index contributed by atoms with van der Waals surface area (Å²) in [5.74, 6) is 0. The number of rotatable bonds is 6. The third-order valence-electron chi connectivity index (χ3n) is 4.94. The lowest BCUT2D eigenvalue weighted by Crippen LogP contribution is -2.48. The van der Waals surface area contributed by atoms with Gasteiger partial charge in [0.2, 0.25) is 0 Å². The zero-order valence-electron chi connectivity index (χ0n) is 13.5. The van der Waals surface area contributed by atoms with Gasteiger partial charge in [0.25, 0.3) is 0 Å². The molecule has 1 aromatic rings. The molecule has 1 aliphatic heterocycles. The first-order valence-corrected chi connectivity index (χ1v) is 8.47. The van der Waals surface area contributed by atoms with Crippen LogP contribution in [0.1, 0.15) is 24.0 Å². The van der Waals surface area contributed by atoms with Crippen LogP contribution in [0.5, 0.6) is 0 Å². The lowest BCUT2D eigenvalue weighted by Gasteiger charge is -2.34. The number of fused-ring (bicyclic) bond motifs is 1. The van der Waals surface area contributed by atoms with Crippen LogP contribution in [-0.2, 0) is 17.6 Å². The number of hydrogen-bond donors (Lipinski definition) is 2. The second kappa shape index (κ2) is 7.55. The maximum atomic E-state index is 9.81. The highest BCUT2D eigenvalue weighted by Crippen LogP contribution is 2.23. The lowest BCUT2D eigenvalue weighted by molar-refractivity contribution is 0.0307. The van der Waals surface area contributed by atoms with Crippen molar-refractivity contribution in [2.75, 3.05) is 33.4 Å². The van der Waals surface area contributed by atoms with Crippen LogP contribution in [0.3, 0.4) is 0 Å². The molecule has 2 aliphatic rings. The highest BCUT2D eigenvalue weighted by molar-refractivity contribution is 5.33. The van der Waals surface area contributed by atoms with Gasteiger partial charge in [-0.05, 0) is 49.9 Å². The number of aliphatic hydroxyl groups is 1. The third kappa shape index (κ3) is 4.07. The van der Waals surface area contributed by atoms with Crippen LogP contribution in [0.25, 0.3) is 0 Å². The fraction of sp³-hybridized carbons (Fsp3) is 0.667. The molecule has 1 saturated heterocycles. The van der Waals surface area contributed by atoms with Crippen molar-refractivity contribution in [2.24, 2.45) is 0 Å². The standard InChI is InChI=1S/C18H28N2O2/c1-22-13-18(21)12-20-8-6-16(7-9-20)19-17-10-14-4-2-3-5-15(14)11-17/h2-5,16-19,21H,6-13H2,1H3. The molecule has 4 nitrogen and oxygen atoms in total. The molecular formula is C18H28N2O2. The van der Waals surface area contributed by atoms with E-state index in [4.69, 9.17) is 4.74 Å². The van der Waals surface area contributed by atoms with Gasteiger partial charge in [0.1, 0.15) is 0 Å².